The Morgan fingerprint density at radius 3 is 2.83 bits per heavy atom. The lowest BCUT2D eigenvalue weighted by molar-refractivity contribution is -0.144. The second-order valence-corrected chi connectivity index (χ2v) is 3.17. The molecule has 3 N–H and O–H groups in total. The zero-order valence-corrected chi connectivity index (χ0v) is 7.41. The first-order valence-electron chi connectivity index (χ1n) is 3.98. The lowest BCUT2D eigenvalue weighted by atomic mass is 10.2. The summed E-state index contributed by atoms with van der Waals surface area (Å²) in [5.74, 6) is 4.74. The third-order valence-corrected chi connectivity index (χ3v) is 1.88. The van der Waals surface area contributed by atoms with Gasteiger partial charge in [0, 0.05) is 13.1 Å². The molecule has 0 aliphatic carbocycles. The van der Waals surface area contributed by atoms with Gasteiger partial charge in [-0.25, -0.2) is 5.84 Å². The molecule has 5 heteroatoms. The summed E-state index contributed by atoms with van der Waals surface area (Å²) in [6, 6.07) is 0. The summed E-state index contributed by atoms with van der Waals surface area (Å²) in [5, 5.41) is 0. The molecule has 0 aromatic heterocycles. The number of hydrogen-bond donors (Lipinski definition) is 2. The largest absolute Gasteiger partial charge is 0.363 e. The van der Waals surface area contributed by atoms with E-state index in [-0.39, 0.29) is 12.0 Å². The van der Waals surface area contributed by atoms with E-state index in [1.807, 2.05) is 18.9 Å². The van der Waals surface area contributed by atoms with E-state index in [0.29, 0.717) is 6.54 Å². The maximum Gasteiger partial charge on any atom is 0.264 e. The molecular weight excluding hydrogens is 158 g/mol. The minimum absolute atomic E-state index is 0.0889. The van der Waals surface area contributed by atoms with Crippen molar-refractivity contribution in [3.63, 3.8) is 0 Å². The third kappa shape index (κ3) is 2.17. The number of hydrogen-bond acceptors (Lipinski definition) is 4. The summed E-state index contributed by atoms with van der Waals surface area (Å²) < 4.78 is 5.38. The highest BCUT2D eigenvalue weighted by Crippen LogP contribution is 2.08. The molecule has 0 aromatic rings. The summed E-state index contributed by atoms with van der Waals surface area (Å²) in [6.07, 6.45) is -0.338. The lowest BCUT2D eigenvalue weighted by Gasteiger charge is -2.33. The van der Waals surface area contributed by atoms with Crippen LogP contribution in [0.2, 0.25) is 0 Å². The topological polar surface area (TPSA) is 67.6 Å². The van der Waals surface area contributed by atoms with Crippen LogP contribution in [0.25, 0.3) is 0 Å². The Hall–Kier alpha value is -0.650. The van der Waals surface area contributed by atoms with E-state index in [1.165, 1.54) is 0 Å². The van der Waals surface area contributed by atoms with Crippen molar-refractivity contribution >= 4 is 5.91 Å². The fraction of sp³-hybridized carbons (Fsp3) is 0.857. The zero-order chi connectivity index (χ0) is 9.14. The van der Waals surface area contributed by atoms with Gasteiger partial charge in [-0.15, -0.1) is 0 Å². The monoisotopic (exact) mass is 173 g/mol. The van der Waals surface area contributed by atoms with Crippen LogP contribution < -0.4 is 11.3 Å². The van der Waals surface area contributed by atoms with Gasteiger partial charge < -0.3 is 9.64 Å². The molecule has 70 valence electrons. The van der Waals surface area contributed by atoms with E-state index in [1.54, 1.807) is 0 Å². The van der Waals surface area contributed by atoms with E-state index in [0.717, 1.165) is 6.54 Å². The summed E-state index contributed by atoms with van der Waals surface area (Å²) in [6.45, 7) is 3.40. The molecule has 2 atom stereocenters. The van der Waals surface area contributed by atoms with Crippen molar-refractivity contribution < 1.29 is 9.53 Å². The maximum atomic E-state index is 11.1. The van der Waals surface area contributed by atoms with Crippen LogP contribution in [0.3, 0.4) is 0 Å². The zero-order valence-electron chi connectivity index (χ0n) is 7.41. The van der Waals surface area contributed by atoms with Crippen molar-refractivity contribution in [3.8, 4) is 0 Å². The van der Waals surface area contributed by atoms with Gasteiger partial charge in [-0.1, -0.05) is 0 Å². The van der Waals surface area contributed by atoms with Crippen LogP contribution in [0, 0.1) is 0 Å². The van der Waals surface area contributed by atoms with E-state index >= 15 is 0 Å². The predicted octanol–water partition coefficient (Wildman–Crippen LogP) is -1.30. The Labute approximate surface area is 71.8 Å². The van der Waals surface area contributed by atoms with Crippen molar-refractivity contribution in [2.45, 2.75) is 19.1 Å². The molecule has 1 aliphatic rings. The quantitative estimate of drug-likeness (QED) is 0.294. The third-order valence-electron chi connectivity index (χ3n) is 1.88. The van der Waals surface area contributed by atoms with Crippen LogP contribution in [-0.2, 0) is 9.53 Å². The average molecular weight is 173 g/mol. The van der Waals surface area contributed by atoms with Gasteiger partial charge in [0.1, 0.15) is 0 Å². The van der Waals surface area contributed by atoms with Gasteiger partial charge in [0.15, 0.2) is 6.10 Å². The molecule has 1 fully saturated rings. The van der Waals surface area contributed by atoms with E-state index in [4.69, 9.17) is 10.6 Å². The first kappa shape index (κ1) is 9.44. The van der Waals surface area contributed by atoms with E-state index in [9.17, 15) is 4.79 Å². The lowest BCUT2D eigenvalue weighted by Crippen LogP contribution is -2.52. The minimum atomic E-state index is -0.427. The van der Waals surface area contributed by atoms with Crippen LogP contribution in [0.5, 0.6) is 0 Å². The van der Waals surface area contributed by atoms with Crippen LogP contribution >= 0.6 is 0 Å². The number of nitrogens with two attached hydrogens (primary N) is 1. The first-order valence-corrected chi connectivity index (χ1v) is 3.98. The number of likely N-dealkylation sites (N-methyl/N-ethyl adjacent to an activating group) is 1. The molecule has 0 spiro atoms. The highest BCUT2D eigenvalue weighted by molar-refractivity contribution is 5.80. The number of rotatable bonds is 1. The maximum absolute atomic E-state index is 11.1. The van der Waals surface area contributed by atoms with E-state index < -0.39 is 6.10 Å². The molecule has 0 unspecified atom stereocenters. The van der Waals surface area contributed by atoms with Crippen molar-refractivity contribution in [1.29, 1.82) is 0 Å². The fourth-order valence-electron chi connectivity index (χ4n) is 1.40. The first-order chi connectivity index (χ1) is 5.63. The second kappa shape index (κ2) is 3.84. The number of hydrazine groups is 1. The van der Waals surface area contributed by atoms with Crippen molar-refractivity contribution in [2.75, 3.05) is 20.1 Å². The van der Waals surface area contributed by atoms with Gasteiger partial charge in [0.2, 0.25) is 0 Å². The predicted molar refractivity (Wildman–Crippen MR) is 44.2 cm³/mol. The van der Waals surface area contributed by atoms with Gasteiger partial charge in [-0.2, -0.15) is 0 Å². The standard InChI is InChI=1S/C7H15N3O2/c1-5-3-10(2)4-6(12-5)7(11)9-8/h5-6H,3-4,8H2,1-2H3,(H,9,11)/t5-,6-/m1/s1. The normalized spacial score (nSPS) is 31.6. The number of amides is 1. The number of carbonyl (C=O) groups excluding carboxylic acids is 1. The Morgan fingerprint density at radius 1 is 1.67 bits per heavy atom. The molecule has 5 nitrogen and oxygen atoms in total. The Bertz CT molecular complexity index is 164. The fourth-order valence-corrected chi connectivity index (χ4v) is 1.40. The average Bonchev–Trinajstić information content (AvgIpc) is 2.01. The van der Waals surface area contributed by atoms with E-state index in [2.05, 4.69) is 5.43 Å². The molecule has 0 bridgehead atoms. The molecule has 1 heterocycles. The van der Waals surface area contributed by atoms with Gasteiger partial charge in [-0.05, 0) is 14.0 Å². The summed E-state index contributed by atoms with van der Waals surface area (Å²) >= 11 is 0. The summed E-state index contributed by atoms with van der Waals surface area (Å²) in [7, 11) is 1.95. The molecule has 1 aliphatic heterocycles. The number of ether oxygens (including phenoxy) is 1. The summed E-state index contributed by atoms with van der Waals surface area (Å²) in [5.41, 5.74) is 2.09. The van der Waals surface area contributed by atoms with Crippen molar-refractivity contribution in [1.82, 2.24) is 10.3 Å². The molecule has 0 radical (unpaired) electrons. The number of nitrogens with zero attached hydrogens (tertiary/aromatic N) is 1. The van der Waals surface area contributed by atoms with Gasteiger partial charge in [-0.3, -0.25) is 10.2 Å². The highest BCUT2D eigenvalue weighted by atomic mass is 16.5. The highest BCUT2D eigenvalue weighted by Gasteiger charge is 2.27. The Balaban J connectivity index is 2.49. The van der Waals surface area contributed by atoms with Crippen molar-refractivity contribution in [2.24, 2.45) is 5.84 Å². The Kier molecular flexibility index (Phi) is 3.02. The molecule has 0 saturated carbocycles. The van der Waals surface area contributed by atoms with Crippen LogP contribution in [0.1, 0.15) is 6.92 Å². The van der Waals surface area contributed by atoms with Crippen molar-refractivity contribution in [3.05, 3.63) is 0 Å². The minimum Gasteiger partial charge on any atom is -0.363 e. The van der Waals surface area contributed by atoms with Crippen LogP contribution in [0.15, 0.2) is 0 Å². The van der Waals surface area contributed by atoms with Crippen LogP contribution in [0.4, 0.5) is 0 Å². The molecule has 1 saturated heterocycles. The second-order valence-electron chi connectivity index (χ2n) is 3.17. The van der Waals surface area contributed by atoms with Gasteiger partial charge in [0.05, 0.1) is 6.10 Å². The molecule has 1 amide bonds. The van der Waals surface area contributed by atoms with Gasteiger partial charge >= 0.3 is 0 Å². The SMILES string of the molecule is C[C@@H]1CN(C)C[C@H](C(=O)NN)O1. The van der Waals surface area contributed by atoms with Gasteiger partial charge in [0.25, 0.3) is 5.91 Å². The molecule has 1 rings (SSSR count). The molecular formula is C7H15N3O2. The smallest absolute Gasteiger partial charge is 0.264 e. The molecule has 0 aromatic carbocycles. The number of nitrogens with one attached hydrogen (secondary N) is 1. The molecule has 12 heavy (non-hydrogen) atoms. The Morgan fingerprint density at radius 2 is 2.33 bits per heavy atom. The summed E-state index contributed by atoms with van der Waals surface area (Å²) in [4.78, 5) is 13.1. The number of morpholine rings is 1. The number of carbonyl (C=O) groups is 1. The van der Waals surface area contributed by atoms with Crippen LogP contribution in [-0.4, -0.2) is 43.2 Å².